The van der Waals surface area contributed by atoms with E-state index in [0.717, 1.165) is 0 Å². The first-order chi connectivity index (χ1) is 6.85. The van der Waals surface area contributed by atoms with Gasteiger partial charge in [-0.1, -0.05) is 70.3 Å². The van der Waals surface area contributed by atoms with Crippen LogP contribution in [0.4, 0.5) is 0 Å². The zero-order chi connectivity index (χ0) is 10.6. The Morgan fingerprint density at radius 3 is 2.29 bits per heavy atom. The molecule has 0 radical (unpaired) electrons. The predicted octanol–water partition coefficient (Wildman–Crippen LogP) is 5.26. The van der Waals surface area contributed by atoms with Gasteiger partial charge in [0.05, 0.1) is 0 Å². The third-order valence-electron chi connectivity index (χ3n) is 2.29. The molecule has 0 bridgehead atoms. The Kier molecular flexibility index (Phi) is 10.2. The zero-order valence-corrected chi connectivity index (χ0v) is 10.2. The van der Waals surface area contributed by atoms with Gasteiger partial charge in [-0.3, -0.25) is 0 Å². The molecule has 0 saturated heterocycles. The van der Waals surface area contributed by atoms with E-state index >= 15 is 0 Å². The van der Waals surface area contributed by atoms with Crippen LogP contribution in [-0.2, 0) is 0 Å². The number of rotatable bonds is 8. The fraction of sp³-hybridized carbons (Fsp3) is 0.714. The summed E-state index contributed by atoms with van der Waals surface area (Å²) in [5.41, 5.74) is 1.53. The summed E-state index contributed by atoms with van der Waals surface area (Å²) in [5, 5.41) is 0. The van der Waals surface area contributed by atoms with Crippen molar-refractivity contribution in [1.82, 2.24) is 0 Å². The summed E-state index contributed by atoms with van der Waals surface area (Å²) in [4.78, 5) is 0. The lowest BCUT2D eigenvalue weighted by Crippen LogP contribution is -1.79. The van der Waals surface area contributed by atoms with Crippen molar-refractivity contribution in [2.45, 2.75) is 65.7 Å². The highest BCUT2D eigenvalue weighted by Gasteiger charge is 1.89. The van der Waals surface area contributed by atoms with Crippen molar-refractivity contribution in [3.63, 3.8) is 0 Å². The lowest BCUT2D eigenvalue weighted by atomic mass is 10.1. The molecule has 0 aromatic rings. The third kappa shape index (κ3) is 8.10. The van der Waals surface area contributed by atoms with Crippen molar-refractivity contribution >= 4 is 0 Å². The van der Waals surface area contributed by atoms with Crippen LogP contribution in [0, 0.1) is 0 Å². The molecule has 0 aliphatic heterocycles. The van der Waals surface area contributed by atoms with E-state index in [2.05, 4.69) is 39.0 Å². The van der Waals surface area contributed by atoms with E-state index in [1.807, 2.05) is 0 Å². The molecule has 0 amide bonds. The van der Waals surface area contributed by atoms with Gasteiger partial charge < -0.3 is 0 Å². The van der Waals surface area contributed by atoms with Gasteiger partial charge in [0.1, 0.15) is 0 Å². The second kappa shape index (κ2) is 10.6. The molecule has 14 heavy (non-hydrogen) atoms. The van der Waals surface area contributed by atoms with E-state index in [-0.39, 0.29) is 0 Å². The first kappa shape index (κ1) is 13.5. The van der Waals surface area contributed by atoms with E-state index in [1.54, 1.807) is 0 Å². The molecule has 0 aliphatic carbocycles. The molecule has 0 aromatic heterocycles. The number of hydrogen-bond acceptors (Lipinski definition) is 0. The summed E-state index contributed by atoms with van der Waals surface area (Å²) in [6, 6.07) is 0. The van der Waals surface area contributed by atoms with Crippen LogP contribution in [0.15, 0.2) is 23.8 Å². The molecule has 0 aliphatic rings. The molecule has 0 saturated carbocycles. The normalized spacial score (nSPS) is 12.6. The largest absolute Gasteiger partial charge is 0.0843 e. The second-order valence-electron chi connectivity index (χ2n) is 3.86. The highest BCUT2D eigenvalue weighted by molar-refractivity contribution is 5.18. The minimum atomic E-state index is 1.23. The summed E-state index contributed by atoms with van der Waals surface area (Å²) < 4.78 is 0. The van der Waals surface area contributed by atoms with Gasteiger partial charge in [0, 0.05) is 0 Å². The van der Waals surface area contributed by atoms with Crippen LogP contribution in [-0.4, -0.2) is 0 Å². The predicted molar refractivity (Wildman–Crippen MR) is 66.6 cm³/mol. The van der Waals surface area contributed by atoms with Gasteiger partial charge in [0.25, 0.3) is 0 Å². The van der Waals surface area contributed by atoms with Crippen LogP contribution in [0.2, 0.25) is 0 Å². The van der Waals surface area contributed by atoms with Crippen molar-refractivity contribution in [1.29, 1.82) is 0 Å². The number of unbranched alkanes of at least 4 members (excludes halogenated alkanes) is 3. The van der Waals surface area contributed by atoms with E-state index in [4.69, 9.17) is 0 Å². The first-order valence-electron chi connectivity index (χ1n) is 6.20. The zero-order valence-electron chi connectivity index (χ0n) is 10.2. The Hall–Kier alpha value is -0.520. The van der Waals surface area contributed by atoms with Gasteiger partial charge in [-0.05, 0) is 19.3 Å². The van der Waals surface area contributed by atoms with Crippen molar-refractivity contribution < 1.29 is 0 Å². The van der Waals surface area contributed by atoms with Gasteiger partial charge in [-0.25, -0.2) is 0 Å². The topological polar surface area (TPSA) is 0 Å². The monoisotopic (exact) mass is 194 g/mol. The summed E-state index contributed by atoms with van der Waals surface area (Å²) >= 11 is 0. The Bertz CT molecular complexity index is 163. The molecule has 0 heteroatoms. The summed E-state index contributed by atoms with van der Waals surface area (Å²) in [6.45, 7) is 6.73. The molecule has 0 fully saturated rings. The van der Waals surface area contributed by atoms with Crippen LogP contribution >= 0.6 is 0 Å². The van der Waals surface area contributed by atoms with Crippen molar-refractivity contribution in [2.24, 2.45) is 0 Å². The minimum absolute atomic E-state index is 1.23. The Labute approximate surface area is 90.1 Å². The fourth-order valence-electron chi connectivity index (χ4n) is 1.43. The van der Waals surface area contributed by atoms with Crippen LogP contribution in [0.1, 0.15) is 65.7 Å². The maximum Gasteiger partial charge on any atom is -0.0285 e. The van der Waals surface area contributed by atoms with Gasteiger partial charge in [0.15, 0.2) is 0 Å². The fourth-order valence-corrected chi connectivity index (χ4v) is 1.43. The molecular weight excluding hydrogens is 168 g/mol. The first-order valence-corrected chi connectivity index (χ1v) is 6.20. The van der Waals surface area contributed by atoms with Gasteiger partial charge in [0.2, 0.25) is 0 Å². The lowest BCUT2D eigenvalue weighted by molar-refractivity contribution is 0.812. The SMILES string of the molecule is CCCC=C(C=CCCCC)CCC. The van der Waals surface area contributed by atoms with E-state index < -0.39 is 0 Å². The molecule has 0 spiro atoms. The molecule has 0 rings (SSSR count). The summed E-state index contributed by atoms with van der Waals surface area (Å²) in [5.74, 6) is 0. The minimum Gasteiger partial charge on any atom is -0.0843 e. The maximum atomic E-state index is 2.39. The van der Waals surface area contributed by atoms with E-state index in [1.165, 1.54) is 50.5 Å². The Balaban J connectivity index is 3.88. The molecule has 0 aromatic carbocycles. The Morgan fingerprint density at radius 1 is 0.929 bits per heavy atom. The quantitative estimate of drug-likeness (QED) is 0.365. The Morgan fingerprint density at radius 2 is 1.71 bits per heavy atom. The maximum absolute atomic E-state index is 2.39. The second-order valence-corrected chi connectivity index (χ2v) is 3.86. The highest BCUT2D eigenvalue weighted by Crippen LogP contribution is 2.10. The van der Waals surface area contributed by atoms with Gasteiger partial charge in [-0.15, -0.1) is 0 Å². The standard InChI is InChI=1S/C14H26/c1-4-7-9-10-13-14(11-6-3)12-8-5-2/h10,12-13H,4-9,11H2,1-3H3. The average molecular weight is 194 g/mol. The summed E-state index contributed by atoms with van der Waals surface area (Å²) in [7, 11) is 0. The van der Waals surface area contributed by atoms with Crippen molar-refractivity contribution in [2.75, 3.05) is 0 Å². The van der Waals surface area contributed by atoms with E-state index in [9.17, 15) is 0 Å². The van der Waals surface area contributed by atoms with Crippen molar-refractivity contribution in [3.05, 3.63) is 23.8 Å². The third-order valence-corrected chi connectivity index (χ3v) is 2.29. The van der Waals surface area contributed by atoms with Crippen LogP contribution < -0.4 is 0 Å². The van der Waals surface area contributed by atoms with Crippen molar-refractivity contribution in [3.8, 4) is 0 Å². The molecule has 0 atom stereocenters. The molecule has 82 valence electrons. The molecule has 0 N–H and O–H groups in total. The number of hydrogen-bond donors (Lipinski definition) is 0. The summed E-state index contributed by atoms with van der Waals surface area (Å²) in [6.07, 6.45) is 15.9. The van der Waals surface area contributed by atoms with E-state index in [0.29, 0.717) is 0 Å². The molecule has 0 nitrogen and oxygen atoms in total. The van der Waals surface area contributed by atoms with Crippen LogP contribution in [0.5, 0.6) is 0 Å². The number of allylic oxidation sites excluding steroid dienone is 4. The average Bonchev–Trinajstić information content (AvgIpc) is 2.20. The lowest BCUT2D eigenvalue weighted by Gasteiger charge is -1.99. The van der Waals surface area contributed by atoms with Crippen LogP contribution in [0.3, 0.4) is 0 Å². The molecule has 0 unspecified atom stereocenters. The molecular formula is C14H26. The van der Waals surface area contributed by atoms with Gasteiger partial charge >= 0.3 is 0 Å². The smallest absolute Gasteiger partial charge is 0.0285 e. The highest BCUT2D eigenvalue weighted by atomic mass is 14.0. The molecule has 0 heterocycles. The van der Waals surface area contributed by atoms with Gasteiger partial charge in [-0.2, -0.15) is 0 Å². The van der Waals surface area contributed by atoms with Crippen LogP contribution in [0.25, 0.3) is 0 Å².